The Kier molecular flexibility index (Phi) is 9.32. The lowest BCUT2D eigenvalue weighted by molar-refractivity contribution is -0.373. The van der Waals surface area contributed by atoms with Crippen LogP contribution in [0.5, 0.6) is 5.75 Å². The molecule has 2 fully saturated rings. The Balaban J connectivity index is 1.43. The minimum absolute atomic E-state index is 0.102. The van der Waals surface area contributed by atoms with Crippen molar-refractivity contribution >= 4 is 17.5 Å². The number of nitrogens with zero attached hydrogens (tertiary/aromatic N) is 8. The molecule has 5 rings (SSSR count). The van der Waals surface area contributed by atoms with Crippen molar-refractivity contribution in [1.29, 1.82) is 5.26 Å². The fraction of sp³-hybridized carbons (Fsp3) is 0.556. The first-order valence-electron chi connectivity index (χ1n) is 14.5. The van der Waals surface area contributed by atoms with Crippen LogP contribution in [0.1, 0.15) is 37.7 Å². The molecule has 2 aliphatic rings. The van der Waals surface area contributed by atoms with E-state index in [0.29, 0.717) is 33.9 Å². The highest BCUT2D eigenvalue weighted by Crippen LogP contribution is 2.44. The van der Waals surface area contributed by atoms with Gasteiger partial charge >= 0.3 is 18.0 Å². The molecule has 47 heavy (non-hydrogen) atoms. The van der Waals surface area contributed by atoms with E-state index in [1.165, 1.54) is 6.20 Å². The number of piperidine rings is 2. The Labute approximate surface area is 261 Å². The van der Waals surface area contributed by atoms with E-state index in [2.05, 4.69) is 40.7 Å². The maximum Gasteiger partial charge on any atom is 0.429 e. The Morgan fingerprint density at radius 1 is 1.09 bits per heavy atom. The molecule has 0 bridgehead atoms. The first kappa shape index (κ1) is 33.8. The molecule has 1 aromatic carbocycles. The number of halogens is 7. The van der Waals surface area contributed by atoms with E-state index in [0.717, 1.165) is 58.3 Å². The summed E-state index contributed by atoms with van der Waals surface area (Å²) in [5, 5.41) is 31.8. The van der Waals surface area contributed by atoms with E-state index in [9.17, 15) is 41.5 Å². The molecule has 2 atom stereocenters. The Morgan fingerprint density at radius 3 is 2.47 bits per heavy atom. The minimum atomic E-state index is -6.22. The van der Waals surface area contributed by atoms with Crippen LogP contribution in [0.4, 0.5) is 48.2 Å². The van der Waals surface area contributed by atoms with Crippen molar-refractivity contribution in [2.45, 2.75) is 56.1 Å². The van der Waals surface area contributed by atoms with Crippen LogP contribution in [-0.4, -0.2) is 90.0 Å². The van der Waals surface area contributed by atoms with Gasteiger partial charge < -0.3 is 25.4 Å². The monoisotopic (exact) mass is 674 g/mol. The highest BCUT2D eigenvalue weighted by atomic mass is 19.4. The van der Waals surface area contributed by atoms with Gasteiger partial charge in [-0.05, 0) is 61.2 Å². The molecule has 254 valence electrons. The molecule has 2 aromatic heterocycles. The highest BCUT2D eigenvalue weighted by Gasteiger charge is 2.71. The predicted molar refractivity (Wildman–Crippen MR) is 150 cm³/mol. The average molecular weight is 675 g/mol. The van der Waals surface area contributed by atoms with Gasteiger partial charge in [-0.15, -0.1) is 0 Å². The van der Waals surface area contributed by atoms with Crippen molar-refractivity contribution in [2.75, 3.05) is 36.9 Å². The second kappa shape index (κ2) is 12.9. The van der Waals surface area contributed by atoms with Crippen LogP contribution in [0.25, 0.3) is 5.69 Å². The number of aliphatic hydroxyl groups is 1. The van der Waals surface area contributed by atoms with Crippen LogP contribution in [0.2, 0.25) is 0 Å². The second-order valence-electron chi connectivity index (χ2n) is 11.3. The fourth-order valence-electron chi connectivity index (χ4n) is 5.71. The number of hydrogen-bond acceptors (Lipinski definition) is 11. The molecular formula is C27H29F7N10O3. The van der Waals surface area contributed by atoms with Gasteiger partial charge in [0, 0.05) is 25.7 Å². The minimum Gasteiger partial charge on any atom is -0.487 e. The third-order valence-electron chi connectivity index (χ3n) is 8.29. The van der Waals surface area contributed by atoms with Gasteiger partial charge in [0.05, 0.1) is 11.9 Å². The molecule has 20 heteroatoms. The molecule has 0 radical (unpaired) electrons. The van der Waals surface area contributed by atoms with Gasteiger partial charge in [-0.1, -0.05) is 6.42 Å². The zero-order chi connectivity index (χ0) is 34.1. The molecule has 0 amide bonds. The maximum absolute atomic E-state index is 15.3. The number of rotatable bonds is 9. The number of aryl methyl sites for hydroxylation is 1. The van der Waals surface area contributed by atoms with Gasteiger partial charge in [0.2, 0.25) is 5.95 Å². The number of ether oxygens (including phenoxy) is 1. The molecule has 0 spiro atoms. The lowest BCUT2D eigenvalue weighted by Gasteiger charge is -2.44. The van der Waals surface area contributed by atoms with Crippen molar-refractivity contribution in [3.05, 3.63) is 40.2 Å². The fourth-order valence-corrected chi connectivity index (χ4v) is 5.71. The van der Waals surface area contributed by atoms with Crippen molar-refractivity contribution < 1.29 is 40.6 Å². The van der Waals surface area contributed by atoms with Crippen molar-refractivity contribution in [2.24, 2.45) is 13.0 Å². The zero-order valence-electron chi connectivity index (χ0n) is 24.7. The van der Waals surface area contributed by atoms with Crippen molar-refractivity contribution in [3.8, 4) is 17.5 Å². The molecule has 0 saturated carbocycles. The lowest BCUT2D eigenvalue weighted by atomic mass is 9.83. The van der Waals surface area contributed by atoms with E-state index in [4.69, 9.17) is 0 Å². The number of aromatic nitrogens is 6. The number of alkyl halides is 6. The Morgan fingerprint density at radius 2 is 1.81 bits per heavy atom. The largest absolute Gasteiger partial charge is 0.487 e. The summed E-state index contributed by atoms with van der Waals surface area (Å²) in [7, 11) is 1.15. The summed E-state index contributed by atoms with van der Waals surface area (Å²) in [6.45, 7) is 0.155. The number of hydrogen-bond donors (Lipinski definition) is 3. The lowest BCUT2D eigenvalue weighted by Crippen LogP contribution is -2.60. The molecule has 2 unspecified atom stereocenters. The topological polar surface area (TPSA) is 159 Å². The van der Waals surface area contributed by atoms with Gasteiger partial charge in [0.1, 0.15) is 35.5 Å². The summed E-state index contributed by atoms with van der Waals surface area (Å²) >= 11 is 0. The van der Waals surface area contributed by atoms with Gasteiger partial charge in [-0.25, -0.2) is 14.2 Å². The molecule has 2 saturated heterocycles. The normalized spacial score (nSPS) is 19.1. The van der Waals surface area contributed by atoms with Crippen molar-refractivity contribution in [3.63, 3.8) is 0 Å². The third kappa shape index (κ3) is 6.81. The maximum atomic E-state index is 15.3. The standard InChI is InChI=1S/C27H29F7N10O3/c1-42-24(45)44(41-40-42)20-10-18(17(28)9-21(20)47-14-25(46,26(29,30)31)27(32,33)34)38-23-37-13-16(11-35)22(39-23)36-12-15-5-4-8-43-7-3-2-6-19(15)43/h9-10,13,15,19,46H,2-8,12,14H2,1H3,(H2,36,37,38,39). The molecule has 13 nitrogen and oxygen atoms in total. The van der Waals surface area contributed by atoms with Crippen molar-refractivity contribution in [1.82, 2.24) is 34.7 Å². The van der Waals surface area contributed by atoms with Crippen LogP contribution >= 0.6 is 0 Å². The number of tetrazole rings is 1. The summed E-state index contributed by atoms with van der Waals surface area (Å²) in [5.74, 6) is -2.06. The average Bonchev–Trinajstić information content (AvgIpc) is 3.35. The number of benzene rings is 1. The van der Waals surface area contributed by atoms with E-state index in [1.54, 1.807) is 0 Å². The highest BCUT2D eigenvalue weighted by molar-refractivity contribution is 5.64. The first-order chi connectivity index (χ1) is 22.1. The predicted octanol–water partition coefficient (Wildman–Crippen LogP) is 3.42. The molecule has 4 heterocycles. The smallest absolute Gasteiger partial charge is 0.429 e. The number of fused-ring (bicyclic) bond motifs is 1. The summed E-state index contributed by atoms with van der Waals surface area (Å²) < 4.78 is 101. The van der Waals surface area contributed by atoms with Crippen LogP contribution in [0, 0.1) is 23.1 Å². The summed E-state index contributed by atoms with van der Waals surface area (Å²) in [6, 6.07) is 3.58. The molecular weight excluding hydrogens is 645 g/mol. The summed E-state index contributed by atoms with van der Waals surface area (Å²) in [6.07, 6.45) is -5.89. The summed E-state index contributed by atoms with van der Waals surface area (Å²) in [5.41, 5.74) is -7.36. The van der Waals surface area contributed by atoms with Crippen LogP contribution in [-0.2, 0) is 7.05 Å². The summed E-state index contributed by atoms with van der Waals surface area (Å²) in [4.78, 5) is 23.3. The number of nitriles is 1. The van der Waals surface area contributed by atoms with Crippen LogP contribution in [0.15, 0.2) is 23.1 Å². The van der Waals surface area contributed by atoms with E-state index in [-0.39, 0.29) is 17.3 Å². The quantitative estimate of drug-likeness (QED) is 0.286. The van der Waals surface area contributed by atoms with Gasteiger partial charge in [-0.3, -0.25) is 0 Å². The Hall–Kier alpha value is -4.51. The number of anilines is 3. The second-order valence-corrected chi connectivity index (χ2v) is 11.3. The van der Waals surface area contributed by atoms with E-state index in [1.807, 2.05) is 6.07 Å². The molecule has 0 aliphatic carbocycles. The van der Waals surface area contributed by atoms with Crippen LogP contribution in [0.3, 0.4) is 0 Å². The van der Waals surface area contributed by atoms with Crippen LogP contribution < -0.4 is 21.1 Å². The third-order valence-corrected chi connectivity index (χ3v) is 8.29. The molecule has 3 N–H and O–H groups in total. The van der Waals surface area contributed by atoms with E-state index >= 15 is 4.39 Å². The van der Waals surface area contributed by atoms with Gasteiger partial charge in [-0.2, -0.15) is 46.0 Å². The first-order valence-corrected chi connectivity index (χ1v) is 14.5. The van der Waals surface area contributed by atoms with Gasteiger partial charge in [0.25, 0.3) is 5.60 Å². The van der Waals surface area contributed by atoms with Gasteiger partial charge in [0.15, 0.2) is 5.82 Å². The molecule has 2 aliphatic heterocycles. The Bertz CT molecular complexity index is 1690. The molecule has 3 aromatic rings. The SMILES string of the molecule is Cn1nnn(-c2cc(Nc3ncc(C#N)c(NCC4CCCN5CCCCC45)n3)c(F)cc2OCC(O)(C(F)(F)F)C(F)(F)F)c1=O. The van der Waals surface area contributed by atoms with E-state index < -0.39 is 53.2 Å². The number of nitrogens with one attached hydrogen (secondary N) is 2. The zero-order valence-corrected chi connectivity index (χ0v) is 24.7.